The molecule has 0 saturated carbocycles. The zero-order valence-electron chi connectivity index (χ0n) is 16.0. The summed E-state index contributed by atoms with van der Waals surface area (Å²) in [6.07, 6.45) is 4.89. The van der Waals surface area contributed by atoms with Gasteiger partial charge in [-0.2, -0.15) is 0 Å². The number of amides is 2. The zero-order valence-corrected chi connectivity index (χ0v) is 16.0. The Kier molecular flexibility index (Phi) is 8.16. The first-order valence-electron chi connectivity index (χ1n) is 9.91. The summed E-state index contributed by atoms with van der Waals surface area (Å²) >= 11 is 0. The van der Waals surface area contributed by atoms with Gasteiger partial charge in [-0.15, -0.1) is 0 Å². The molecule has 0 aromatic carbocycles. The van der Waals surface area contributed by atoms with Gasteiger partial charge >= 0.3 is 0 Å². The largest absolute Gasteiger partial charge is 0.396 e. The minimum absolute atomic E-state index is 0.143. The molecule has 2 fully saturated rings. The Morgan fingerprint density at radius 3 is 2.72 bits per heavy atom. The summed E-state index contributed by atoms with van der Waals surface area (Å²) in [5, 5.41) is 9.35. The first-order chi connectivity index (χ1) is 12.0. The third-order valence-electron chi connectivity index (χ3n) is 5.29. The summed E-state index contributed by atoms with van der Waals surface area (Å²) in [6.45, 7) is 9.23. The van der Waals surface area contributed by atoms with Crippen molar-refractivity contribution in [2.75, 3.05) is 45.9 Å². The first kappa shape index (κ1) is 20.2. The lowest BCUT2D eigenvalue weighted by molar-refractivity contribution is -0.136. The van der Waals surface area contributed by atoms with Crippen LogP contribution in [-0.2, 0) is 9.59 Å². The lowest BCUT2D eigenvalue weighted by Gasteiger charge is -2.42. The maximum absolute atomic E-state index is 12.6. The van der Waals surface area contributed by atoms with Crippen LogP contribution in [0.2, 0.25) is 0 Å². The van der Waals surface area contributed by atoms with E-state index in [0.29, 0.717) is 38.3 Å². The standard InChI is InChI=1S/C19H35N3O3/c1-16(2)14-21-11-12-22(15-17(21)8-13-23)19(25)7-10-20-9-5-3-4-6-18(20)24/h16-17,23H,3-15H2,1-2H3. The second kappa shape index (κ2) is 10.1. The van der Waals surface area contributed by atoms with Gasteiger partial charge in [0.15, 0.2) is 0 Å². The van der Waals surface area contributed by atoms with Gasteiger partial charge < -0.3 is 14.9 Å². The highest BCUT2D eigenvalue weighted by atomic mass is 16.3. The second-order valence-electron chi connectivity index (χ2n) is 7.84. The van der Waals surface area contributed by atoms with Gasteiger partial charge in [0.1, 0.15) is 0 Å². The molecule has 0 radical (unpaired) electrons. The van der Waals surface area contributed by atoms with E-state index in [2.05, 4.69) is 18.7 Å². The fraction of sp³-hybridized carbons (Fsp3) is 0.895. The average molecular weight is 354 g/mol. The Labute approximate surface area is 152 Å². The Morgan fingerprint density at radius 1 is 1.20 bits per heavy atom. The number of carbonyl (C=O) groups is 2. The van der Waals surface area contributed by atoms with Crippen LogP contribution in [0.25, 0.3) is 0 Å². The van der Waals surface area contributed by atoms with Crippen LogP contribution < -0.4 is 0 Å². The van der Waals surface area contributed by atoms with Gasteiger partial charge in [-0.25, -0.2) is 0 Å². The summed E-state index contributed by atoms with van der Waals surface area (Å²) in [4.78, 5) is 30.9. The maximum Gasteiger partial charge on any atom is 0.224 e. The molecule has 1 atom stereocenters. The quantitative estimate of drug-likeness (QED) is 0.750. The van der Waals surface area contributed by atoms with Crippen molar-refractivity contribution in [1.82, 2.24) is 14.7 Å². The predicted octanol–water partition coefficient (Wildman–Crippen LogP) is 1.33. The van der Waals surface area contributed by atoms with Crippen LogP contribution in [0.15, 0.2) is 0 Å². The van der Waals surface area contributed by atoms with Crippen LogP contribution in [-0.4, -0.2) is 83.5 Å². The van der Waals surface area contributed by atoms with E-state index in [1.54, 1.807) is 0 Å². The van der Waals surface area contributed by atoms with Crippen molar-refractivity contribution < 1.29 is 14.7 Å². The van der Waals surface area contributed by atoms with Crippen molar-refractivity contribution in [2.45, 2.75) is 58.4 Å². The maximum atomic E-state index is 12.6. The van der Waals surface area contributed by atoms with Crippen LogP contribution >= 0.6 is 0 Å². The molecule has 0 bridgehead atoms. The molecule has 2 amide bonds. The Hall–Kier alpha value is -1.14. The molecule has 1 unspecified atom stereocenters. The minimum Gasteiger partial charge on any atom is -0.396 e. The number of rotatable bonds is 7. The summed E-state index contributed by atoms with van der Waals surface area (Å²) in [5.74, 6) is 0.923. The van der Waals surface area contributed by atoms with Gasteiger partial charge in [-0.3, -0.25) is 14.5 Å². The molecule has 0 aromatic rings. The van der Waals surface area contributed by atoms with Crippen LogP contribution in [0, 0.1) is 5.92 Å². The lowest BCUT2D eigenvalue weighted by Crippen LogP contribution is -2.56. The topological polar surface area (TPSA) is 64.1 Å². The fourth-order valence-corrected chi connectivity index (χ4v) is 3.92. The summed E-state index contributed by atoms with van der Waals surface area (Å²) in [6, 6.07) is 0.241. The van der Waals surface area contributed by atoms with E-state index in [0.717, 1.165) is 45.4 Å². The molecular weight excluding hydrogens is 318 g/mol. The summed E-state index contributed by atoms with van der Waals surface area (Å²) in [7, 11) is 0. The fourth-order valence-electron chi connectivity index (χ4n) is 3.92. The molecule has 2 heterocycles. The number of carbonyl (C=O) groups excluding carboxylic acids is 2. The molecule has 25 heavy (non-hydrogen) atoms. The highest BCUT2D eigenvalue weighted by Gasteiger charge is 2.29. The number of likely N-dealkylation sites (tertiary alicyclic amines) is 1. The molecule has 2 aliphatic rings. The number of aliphatic hydroxyl groups excluding tert-OH is 1. The Bertz CT molecular complexity index is 442. The Morgan fingerprint density at radius 2 is 2.00 bits per heavy atom. The zero-order chi connectivity index (χ0) is 18.2. The van der Waals surface area contributed by atoms with Crippen LogP contribution in [0.3, 0.4) is 0 Å². The minimum atomic E-state index is 0.143. The molecule has 2 saturated heterocycles. The molecule has 0 spiro atoms. The predicted molar refractivity (Wildman–Crippen MR) is 98.1 cm³/mol. The molecule has 0 aromatic heterocycles. The summed E-state index contributed by atoms with van der Waals surface area (Å²) < 4.78 is 0. The average Bonchev–Trinajstić information content (AvgIpc) is 2.78. The molecule has 0 aliphatic carbocycles. The molecule has 6 nitrogen and oxygen atoms in total. The third-order valence-corrected chi connectivity index (χ3v) is 5.29. The van der Waals surface area contributed by atoms with Gasteiger partial charge in [-0.05, 0) is 25.2 Å². The molecule has 144 valence electrons. The van der Waals surface area contributed by atoms with Crippen LogP contribution in [0.1, 0.15) is 52.4 Å². The van der Waals surface area contributed by atoms with Crippen molar-refractivity contribution in [3.8, 4) is 0 Å². The SMILES string of the molecule is CC(C)CN1CCN(C(=O)CCN2CCCCCC2=O)CC1CCO. The van der Waals surface area contributed by atoms with Crippen molar-refractivity contribution >= 4 is 11.8 Å². The van der Waals surface area contributed by atoms with Crippen LogP contribution in [0.4, 0.5) is 0 Å². The van der Waals surface area contributed by atoms with E-state index >= 15 is 0 Å². The van der Waals surface area contributed by atoms with E-state index in [9.17, 15) is 14.7 Å². The number of piperazine rings is 1. The van der Waals surface area contributed by atoms with Crippen molar-refractivity contribution in [3.05, 3.63) is 0 Å². The van der Waals surface area contributed by atoms with E-state index in [4.69, 9.17) is 0 Å². The molecule has 6 heteroatoms. The van der Waals surface area contributed by atoms with Gasteiger partial charge in [0.2, 0.25) is 11.8 Å². The number of hydrogen-bond acceptors (Lipinski definition) is 4. The molecule has 2 rings (SSSR count). The monoisotopic (exact) mass is 353 g/mol. The normalized spacial score (nSPS) is 23.2. The van der Waals surface area contributed by atoms with Gasteiger partial charge in [-0.1, -0.05) is 20.3 Å². The number of hydrogen-bond donors (Lipinski definition) is 1. The lowest BCUT2D eigenvalue weighted by atomic mass is 10.1. The van der Waals surface area contributed by atoms with E-state index in [1.165, 1.54) is 0 Å². The van der Waals surface area contributed by atoms with E-state index in [1.807, 2.05) is 9.80 Å². The first-order valence-corrected chi connectivity index (χ1v) is 9.91. The molecular formula is C19H35N3O3. The number of aliphatic hydroxyl groups is 1. The van der Waals surface area contributed by atoms with Crippen molar-refractivity contribution in [2.24, 2.45) is 5.92 Å². The van der Waals surface area contributed by atoms with E-state index in [-0.39, 0.29) is 24.5 Å². The number of nitrogens with zero attached hydrogens (tertiary/aromatic N) is 3. The van der Waals surface area contributed by atoms with Gasteiger partial charge in [0.05, 0.1) is 0 Å². The molecule has 1 N–H and O–H groups in total. The third kappa shape index (κ3) is 6.26. The van der Waals surface area contributed by atoms with Crippen LogP contribution in [0.5, 0.6) is 0 Å². The highest BCUT2D eigenvalue weighted by molar-refractivity contribution is 5.79. The molecule has 2 aliphatic heterocycles. The second-order valence-corrected chi connectivity index (χ2v) is 7.84. The van der Waals surface area contributed by atoms with Crippen molar-refractivity contribution in [3.63, 3.8) is 0 Å². The van der Waals surface area contributed by atoms with Gasteiger partial charge in [0, 0.05) is 64.8 Å². The van der Waals surface area contributed by atoms with Gasteiger partial charge in [0.25, 0.3) is 0 Å². The smallest absolute Gasteiger partial charge is 0.224 e. The van der Waals surface area contributed by atoms with Crippen molar-refractivity contribution in [1.29, 1.82) is 0 Å². The highest BCUT2D eigenvalue weighted by Crippen LogP contribution is 2.17. The summed E-state index contributed by atoms with van der Waals surface area (Å²) in [5.41, 5.74) is 0. The Balaban J connectivity index is 1.83. The van der Waals surface area contributed by atoms with E-state index < -0.39 is 0 Å².